The Kier molecular flexibility index (Phi) is 3.48. The molecule has 1 unspecified atom stereocenters. The molecule has 5 nitrogen and oxygen atoms in total. The molecule has 1 aromatic heterocycles. The number of amides is 1. The van der Waals surface area contributed by atoms with Crippen LogP contribution in [0.1, 0.15) is 25.8 Å². The summed E-state index contributed by atoms with van der Waals surface area (Å²) in [6, 6.07) is 5.75. The molecule has 19 heavy (non-hydrogen) atoms. The summed E-state index contributed by atoms with van der Waals surface area (Å²) >= 11 is 0. The van der Waals surface area contributed by atoms with Gasteiger partial charge in [-0.25, -0.2) is 5.84 Å². The first-order valence-corrected chi connectivity index (χ1v) is 6.23. The zero-order valence-electron chi connectivity index (χ0n) is 11.4. The quantitative estimate of drug-likeness (QED) is 0.446. The number of ether oxygens (including phenoxy) is 1. The number of nitrogens with two attached hydrogens (primary N) is 1. The largest absolute Gasteiger partial charge is 0.497 e. The van der Waals surface area contributed by atoms with Crippen LogP contribution in [0.2, 0.25) is 0 Å². The number of rotatable bonds is 4. The highest BCUT2D eigenvalue weighted by atomic mass is 16.5. The molecule has 0 aliphatic carbocycles. The molecule has 0 spiro atoms. The number of benzene rings is 1. The molecule has 1 heterocycles. The van der Waals surface area contributed by atoms with E-state index >= 15 is 0 Å². The Morgan fingerprint density at radius 1 is 1.53 bits per heavy atom. The number of hydrazine groups is 1. The van der Waals surface area contributed by atoms with E-state index in [1.807, 2.05) is 38.2 Å². The summed E-state index contributed by atoms with van der Waals surface area (Å²) in [7, 11) is 1.62. The van der Waals surface area contributed by atoms with E-state index in [1.54, 1.807) is 7.11 Å². The first kappa shape index (κ1) is 13.4. The molecular weight excluding hydrogens is 242 g/mol. The fraction of sp³-hybridized carbons (Fsp3) is 0.357. The number of H-pyrrole nitrogens is 1. The van der Waals surface area contributed by atoms with E-state index in [2.05, 4.69) is 10.4 Å². The van der Waals surface area contributed by atoms with Crippen molar-refractivity contribution in [2.24, 2.45) is 5.84 Å². The Hall–Kier alpha value is -2.01. The molecule has 1 aromatic carbocycles. The normalized spacial score (nSPS) is 14.1. The maximum absolute atomic E-state index is 12.1. The second-order valence-electron chi connectivity index (χ2n) is 4.77. The van der Waals surface area contributed by atoms with Crippen LogP contribution in [-0.2, 0) is 10.2 Å². The first-order valence-electron chi connectivity index (χ1n) is 6.23. The van der Waals surface area contributed by atoms with Gasteiger partial charge in [0.05, 0.1) is 12.5 Å². The molecule has 4 N–H and O–H groups in total. The number of carbonyl (C=O) groups excluding carboxylic acids is 1. The van der Waals surface area contributed by atoms with Crippen LogP contribution < -0.4 is 16.0 Å². The van der Waals surface area contributed by atoms with Gasteiger partial charge in [-0.15, -0.1) is 0 Å². The molecule has 1 amide bonds. The topological polar surface area (TPSA) is 80.1 Å². The van der Waals surface area contributed by atoms with Gasteiger partial charge in [0.1, 0.15) is 5.75 Å². The third kappa shape index (κ3) is 2.06. The molecule has 5 heteroatoms. The monoisotopic (exact) mass is 261 g/mol. The molecule has 0 aliphatic rings. The van der Waals surface area contributed by atoms with Crippen LogP contribution in [-0.4, -0.2) is 18.0 Å². The summed E-state index contributed by atoms with van der Waals surface area (Å²) in [5.74, 6) is 5.87. The lowest BCUT2D eigenvalue weighted by Gasteiger charge is -2.25. The Morgan fingerprint density at radius 3 is 2.84 bits per heavy atom. The van der Waals surface area contributed by atoms with Crippen molar-refractivity contribution in [3.05, 3.63) is 30.0 Å². The second-order valence-corrected chi connectivity index (χ2v) is 4.77. The third-order valence-corrected chi connectivity index (χ3v) is 3.82. The molecule has 0 saturated heterocycles. The van der Waals surface area contributed by atoms with E-state index in [0.29, 0.717) is 6.42 Å². The number of fused-ring (bicyclic) bond motifs is 1. The summed E-state index contributed by atoms with van der Waals surface area (Å²) in [4.78, 5) is 15.3. The van der Waals surface area contributed by atoms with Crippen molar-refractivity contribution in [2.75, 3.05) is 7.11 Å². The van der Waals surface area contributed by atoms with Gasteiger partial charge in [-0.2, -0.15) is 0 Å². The minimum atomic E-state index is -0.667. The lowest BCUT2D eigenvalue weighted by atomic mass is 9.79. The Labute approximate surface area is 112 Å². The number of aromatic amines is 1. The van der Waals surface area contributed by atoms with Crippen LogP contribution in [0.3, 0.4) is 0 Å². The van der Waals surface area contributed by atoms with Gasteiger partial charge in [0, 0.05) is 17.1 Å². The summed E-state index contributed by atoms with van der Waals surface area (Å²) in [5, 5.41) is 0.979. The average Bonchev–Trinajstić information content (AvgIpc) is 2.88. The molecule has 0 aliphatic heterocycles. The first-order chi connectivity index (χ1) is 9.06. The molecule has 0 fully saturated rings. The summed E-state index contributed by atoms with van der Waals surface area (Å²) in [6.45, 7) is 3.85. The molecular formula is C14H19N3O2. The predicted octanol–water partition coefficient (Wildman–Crippen LogP) is 1.83. The van der Waals surface area contributed by atoms with Gasteiger partial charge in [-0.3, -0.25) is 10.2 Å². The highest BCUT2D eigenvalue weighted by Crippen LogP contribution is 2.35. The summed E-state index contributed by atoms with van der Waals surface area (Å²) in [5.41, 5.74) is 3.48. The van der Waals surface area contributed by atoms with Crippen LogP contribution in [0.5, 0.6) is 5.75 Å². The molecule has 1 atom stereocenters. The van der Waals surface area contributed by atoms with Gasteiger partial charge in [0.25, 0.3) is 0 Å². The van der Waals surface area contributed by atoms with Crippen molar-refractivity contribution >= 4 is 16.8 Å². The van der Waals surface area contributed by atoms with E-state index in [-0.39, 0.29) is 5.91 Å². The van der Waals surface area contributed by atoms with Gasteiger partial charge in [0.2, 0.25) is 5.91 Å². The molecule has 2 aromatic rings. The Balaban J connectivity index is 2.63. The summed E-state index contributed by atoms with van der Waals surface area (Å²) in [6.07, 6.45) is 2.52. The van der Waals surface area contributed by atoms with Crippen molar-refractivity contribution in [1.82, 2.24) is 10.4 Å². The smallest absolute Gasteiger partial charge is 0.244 e. The maximum Gasteiger partial charge on any atom is 0.244 e. The van der Waals surface area contributed by atoms with Crippen molar-refractivity contribution < 1.29 is 9.53 Å². The lowest BCUT2D eigenvalue weighted by Crippen LogP contribution is -2.45. The number of hydrogen-bond donors (Lipinski definition) is 3. The van der Waals surface area contributed by atoms with Gasteiger partial charge >= 0.3 is 0 Å². The van der Waals surface area contributed by atoms with E-state index in [9.17, 15) is 4.79 Å². The van der Waals surface area contributed by atoms with Gasteiger partial charge in [0.15, 0.2) is 0 Å². The molecule has 0 radical (unpaired) electrons. The number of carbonyl (C=O) groups is 1. The van der Waals surface area contributed by atoms with Gasteiger partial charge < -0.3 is 9.72 Å². The minimum absolute atomic E-state index is 0.196. The summed E-state index contributed by atoms with van der Waals surface area (Å²) < 4.78 is 5.24. The van der Waals surface area contributed by atoms with E-state index in [0.717, 1.165) is 22.2 Å². The fourth-order valence-electron chi connectivity index (χ4n) is 2.32. The predicted molar refractivity (Wildman–Crippen MR) is 74.8 cm³/mol. The fourth-order valence-corrected chi connectivity index (χ4v) is 2.32. The number of methoxy groups -OCH3 is 1. The molecule has 102 valence electrons. The number of hydrogen-bond acceptors (Lipinski definition) is 3. The number of aromatic nitrogens is 1. The maximum atomic E-state index is 12.1. The molecule has 0 saturated carbocycles. The van der Waals surface area contributed by atoms with Crippen molar-refractivity contribution in [1.29, 1.82) is 0 Å². The van der Waals surface area contributed by atoms with Crippen LogP contribution in [0.4, 0.5) is 0 Å². The lowest BCUT2D eigenvalue weighted by molar-refractivity contribution is -0.126. The van der Waals surface area contributed by atoms with Crippen LogP contribution in [0.25, 0.3) is 10.9 Å². The average molecular weight is 261 g/mol. The Bertz CT molecular complexity index is 606. The SMILES string of the molecule is CCC(C)(C(=O)NN)c1c[nH]c2ccc(OC)cc12. The standard InChI is InChI=1S/C14H19N3O2/c1-4-14(2,13(18)17-15)11-8-16-12-6-5-9(19-3)7-10(11)12/h5-8,16H,4,15H2,1-3H3,(H,17,18). The zero-order chi connectivity index (χ0) is 14.0. The van der Waals surface area contributed by atoms with Crippen molar-refractivity contribution in [2.45, 2.75) is 25.7 Å². The third-order valence-electron chi connectivity index (χ3n) is 3.82. The highest BCUT2D eigenvalue weighted by molar-refractivity contribution is 5.95. The van der Waals surface area contributed by atoms with E-state index in [1.165, 1.54) is 0 Å². The van der Waals surface area contributed by atoms with Gasteiger partial charge in [-0.05, 0) is 37.1 Å². The van der Waals surface area contributed by atoms with Crippen LogP contribution in [0.15, 0.2) is 24.4 Å². The van der Waals surface area contributed by atoms with Crippen LogP contribution >= 0.6 is 0 Å². The van der Waals surface area contributed by atoms with E-state index < -0.39 is 5.41 Å². The number of nitrogens with one attached hydrogen (secondary N) is 2. The van der Waals surface area contributed by atoms with Crippen LogP contribution in [0, 0.1) is 0 Å². The van der Waals surface area contributed by atoms with Crippen molar-refractivity contribution in [3.63, 3.8) is 0 Å². The van der Waals surface area contributed by atoms with Crippen molar-refractivity contribution in [3.8, 4) is 5.75 Å². The highest BCUT2D eigenvalue weighted by Gasteiger charge is 2.35. The Morgan fingerprint density at radius 2 is 2.26 bits per heavy atom. The van der Waals surface area contributed by atoms with E-state index in [4.69, 9.17) is 10.6 Å². The van der Waals surface area contributed by atoms with Gasteiger partial charge in [-0.1, -0.05) is 6.92 Å². The molecule has 2 rings (SSSR count). The zero-order valence-corrected chi connectivity index (χ0v) is 11.4. The minimum Gasteiger partial charge on any atom is -0.497 e. The second kappa shape index (κ2) is 4.93. The molecule has 0 bridgehead atoms.